The maximum Gasteiger partial charge on any atom is 0.312 e. The molecule has 1 aromatic carbocycles. The maximum atomic E-state index is 10.4. The van der Waals surface area contributed by atoms with Crippen molar-refractivity contribution in [1.29, 1.82) is 0 Å². The molecule has 0 saturated carbocycles. The van der Waals surface area contributed by atoms with E-state index in [0.717, 1.165) is 0 Å². The Morgan fingerprint density at radius 1 is 1.07 bits per heavy atom. The molecule has 5 heteroatoms. The third-order valence-electron chi connectivity index (χ3n) is 1.11. The van der Waals surface area contributed by atoms with E-state index in [-0.39, 0.29) is 11.9 Å². The Balaban J connectivity index is 0.000000336. The Labute approximate surface area is 102 Å². The molecule has 0 aliphatic rings. The van der Waals surface area contributed by atoms with Crippen LogP contribution in [0.15, 0.2) is 30.3 Å². The average Bonchev–Trinajstić information content (AvgIpc) is 2.19. The summed E-state index contributed by atoms with van der Waals surface area (Å²) in [6, 6.07) is 8.98. The quantitative estimate of drug-likeness (QED) is 0.453. The van der Waals surface area contributed by atoms with Gasteiger partial charge in [-0.15, -0.1) is 0 Å². The zero-order valence-corrected chi connectivity index (χ0v) is 10.6. The fourth-order valence-corrected chi connectivity index (χ4v) is 0.655. The van der Waals surface area contributed by atoms with Gasteiger partial charge < -0.3 is 7.80 Å². The van der Waals surface area contributed by atoms with Crippen molar-refractivity contribution in [2.45, 2.75) is 13.8 Å². The van der Waals surface area contributed by atoms with E-state index in [2.05, 4.69) is 3.07 Å². The van der Waals surface area contributed by atoms with Crippen LogP contribution in [-0.2, 0) is 12.7 Å². The first-order valence-electron chi connectivity index (χ1n) is 4.09. The van der Waals surface area contributed by atoms with Crippen LogP contribution in [0.1, 0.15) is 13.8 Å². The number of halogens is 1. The van der Waals surface area contributed by atoms with Crippen LogP contribution in [0.2, 0.25) is 0 Å². The highest BCUT2D eigenvalue weighted by Gasteiger charge is 1.92. The second-order valence-corrected chi connectivity index (χ2v) is 2.92. The van der Waals surface area contributed by atoms with E-state index in [4.69, 9.17) is 4.74 Å². The first kappa shape index (κ1) is 13.9. The number of ether oxygens (including phenoxy) is 1. The summed E-state index contributed by atoms with van der Waals surface area (Å²) in [5.74, 6) is 0.0480. The van der Waals surface area contributed by atoms with Gasteiger partial charge in [-0.05, 0) is 12.1 Å². The molecule has 82 valence electrons. The molecule has 0 fully saturated rings. The summed E-state index contributed by atoms with van der Waals surface area (Å²) in [5, 5.41) is 0. The normalized spacial score (nSPS) is 8.20. The van der Waals surface area contributed by atoms with Crippen molar-refractivity contribution in [2.24, 2.45) is 0 Å². The van der Waals surface area contributed by atoms with Gasteiger partial charge in [0, 0.05) is 13.8 Å². The molecule has 0 N–H and O–H groups in total. The highest BCUT2D eigenvalue weighted by atomic mass is 127. The summed E-state index contributed by atoms with van der Waals surface area (Å²) < 4.78 is 8.86. The molecule has 0 atom stereocenters. The van der Waals surface area contributed by atoms with Crippen LogP contribution in [0.4, 0.5) is 0 Å². The minimum absolute atomic E-state index is 0.259. The number of esters is 1. The topological polar surface area (TPSA) is 52.6 Å². The van der Waals surface area contributed by atoms with Crippen molar-refractivity contribution >= 4 is 34.9 Å². The first-order chi connectivity index (χ1) is 7.06. The molecule has 0 radical (unpaired) electrons. The smallest absolute Gasteiger partial charge is 0.312 e. The summed E-state index contributed by atoms with van der Waals surface area (Å²) in [6.45, 7) is 2.74. The van der Waals surface area contributed by atoms with Crippen LogP contribution in [0.3, 0.4) is 0 Å². The molecule has 15 heavy (non-hydrogen) atoms. The van der Waals surface area contributed by atoms with Crippen molar-refractivity contribution in [3.63, 3.8) is 0 Å². The highest BCUT2D eigenvalue weighted by Crippen LogP contribution is 2.07. The van der Waals surface area contributed by atoms with Gasteiger partial charge in [-0.2, -0.15) is 0 Å². The van der Waals surface area contributed by atoms with Crippen LogP contribution < -0.4 is 4.74 Å². The Morgan fingerprint density at radius 2 is 1.53 bits per heavy atom. The molecule has 0 aliphatic heterocycles. The molecule has 0 amide bonds. The van der Waals surface area contributed by atoms with Gasteiger partial charge in [-0.1, -0.05) is 18.2 Å². The highest BCUT2D eigenvalue weighted by molar-refractivity contribution is 14.1. The monoisotopic (exact) mass is 322 g/mol. The molecule has 1 aromatic rings. The van der Waals surface area contributed by atoms with Gasteiger partial charge >= 0.3 is 11.9 Å². The largest absolute Gasteiger partial charge is 0.427 e. The Hall–Kier alpha value is -1.11. The zero-order valence-electron chi connectivity index (χ0n) is 8.40. The fraction of sp³-hybridized carbons (Fsp3) is 0.200. The van der Waals surface area contributed by atoms with Gasteiger partial charge in [-0.3, -0.25) is 9.59 Å². The van der Waals surface area contributed by atoms with E-state index in [1.807, 2.05) is 18.2 Å². The van der Waals surface area contributed by atoms with E-state index in [9.17, 15) is 9.59 Å². The molecule has 1 rings (SSSR count). The minimum Gasteiger partial charge on any atom is -0.427 e. The van der Waals surface area contributed by atoms with E-state index < -0.39 is 0 Å². The zero-order chi connectivity index (χ0) is 11.7. The minimum atomic E-state index is -0.286. The molecule has 0 spiro atoms. The predicted octanol–water partition coefficient (Wildman–Crippen LogP) is 2.51. The van der Waals surface area contributed by atoms with E-state index in [1.165, 1.54) is 36.9 Å². The van der Waals surface area contributed by atoms with Crippen LogP contribution in [-0.4, -0.2) is 11.9 Å². The summed E-state index contributed by atoms with van der Waals surface area (Å²) in [6.07, 6.45) is 0. The molecular weight excluding hydrogens is 311 g/mol. The number of carbonyl (C=O) groups is 2. The van der Waals surface area contributed by atoms with Crippen LogP contribution in [0.25, 0.3) is 0 Å². The van der Waals surface area contributed by atoms with Gasteiger partial charge in [0.05, 0.1) is 0 Å². The van der Waals surface area contributed by atoms with E-state index in [0.29, 0.717) is 5.75 Å². The third kappa shape index (κ3) is 9.20. The third-order valence-corrected chi connectivity index (χ3v) is 1.73. The number of hydrogen-bond acceptors (Lipinski definition) is 4. The summed E-state index contributed by atoms with van der Waals surface area (Å²) in [4.78, 5) is 20.0. The summed E-state index contributed by atoms with van der Waals surface area (Å²) >= 11 is 1.53. The second-order valence-electron chi connectivity index (χ2n) is 2.48. The Morgan fingerprint density at radius 3 is 1.87 bits per heavy atom. The van der Waals surface area contributed by atoms with Gasteiger partial charge in [0.15, 0.2) is 23.0 Å². The molecule has 0 heterocycles. The van der Waals surface area contributed by atoms with E-state index in [1.54, 1.807) is 12.1 Å². The predicted molar refractivity (Wildman–Crippen MR) is 63.5 cm³/mol. The maximum absolute atomic E-state index is 10.4. The summed E-state index contributed by atoms with van der Waals surface area (Å²) in [5.41, 5.74) is 0. The average molecular weight is 322 g/mol. The van der Waals surface area contributed by atoms with Crippen molar-refractivity contribution in [3.8, 4) is 5.75 Å². The number of hydrogen-bond donors (Lipinski definition) is 0. The Kier molecular flexibility index (Phi) is 7.61. The van der Waals surface area contributed by atoms with Gasteiger partial charge in [0.2, 0.25) is 0 Å². The molecular formula is C10H11IO4. The number of para-hydroxylation sites is 1. The fourth-order valence-electron chi connectivity index (χ4n) is 0.655. The number of benzene rings is 1. The molecule has 0 unspecified atom stereocenters. The lowest BCUT2D eigenvalue weighted by Crippen LogP contribution is -2.00. The van der Waals surface area contributed by atoms with Crippen molar-refractivity contribution < 1.29 is 17.4 Å². The van der Waals surface area contributed by atoms with Crippen molar-refractivity contribution in [2.75, 3.05) is 0 Å². The lowest BCUT2D eigenvalue weighted by molar-refractivity contribution is -0.132. The lowest BCUT2D eigenvalue weighted by Gasteiger charge is -1.97. The van der Waals surface area contributed by atoms with Crippen LogP contribution in [0, 0.1) is 0 Å². The first-order valence-corrected chi connectivity index (χ1v) is 4.97. The number of carbonyl (C=O) groups excluding carboxylic acids is 2. The lowest BCUT2D eigenvalue weighted by atomic mass is 10.3. The Bertz CT molecular complexity index is 310. The van der Waals surface area contributed by atoms with Gasteiger partial charge in [-0.25, -0.2) is 0 Å². The molecule has 0 bridgehead atoms. The SMILES string of the molecule is CC(=O)OI.CC(=O)Oc1ccccc1. The van der Waals surface area contributed by atoms with E-state index >= 15 is 0 Å². The van der Waals surface area contributed by atoms with Gasteiger partial charge in [0.1, 0.15) is 5.75 Å². The van der Waals surface area contributed by atoms with Gasteiger partial charge in [0.25, 0.3) is 0 Å². The standard InChI is InChI=1S/C8H8O2.C2H3IO2/c1-7(9)10-8-5-3-2-4-6-8;1-2(4)5-3/h2-6H,1H3;1H3. The van der Waals surface area contributed by atoms with Crippen molar-refractivity contribution in [3.05, 3.63) is 30.3 Å². The molecule has 0 saturated heterocycles. The van der Waals surface area contributed by atoms with Crippen LogP contribution >= 0.6 is 23.0 Å². The molecule has 4 nitrogen and oxygen atoms in total. The van der Waals surface area contributed by atoms with Crippen LogP contribution in [0.5, 0.6) is 5.75 Å². The van der Waals surface area contributed by atoms with Crippen molar-refractivity contribution in [1.82, 2.24) is 0 Å². The summed E-state index contributed by atoms with van der Waals surface area (Å²) in [7, 11) is 0. The molecule has 0 aliphatic carbocycles. The second kappa shape index (κ2) is 8.22. The number of rotatable bonds is 1. The molecule has 0 aromatic heterocycles.